The van der Waals surface area contributed by atoms with E-state index in [1.807, 2.05) is 13.0 Å². The third-order valence-corrected chi connectivity index (χ3v) is 2.19. The lowest BCUT2D eigenvalue weighted by molar-refractivity contribution is 0.785. The summed E-state index contributed by atoms with van der Waals surface area (Å²) < 4.78 is 0. The third-order valence-electron chi connectivity index (χ3n) is 2.19. The number of rotatable bonds is 2. The number of aryl methyl sites for hydroxylation is 1. The molecule has 0 aliphatic carbocycles. The molecule has 0 bridgehead atoms. The van der Waals surface area contributed by atoms with Crippen LogP contribution in [0.5, 0.6) is 0 Å². The molecule has 1 saturated heterocycles. The van der Waals surface area contributed by atoms with Crippen LogP contribution in [0.1, 0.15) is 12.2 Å². The van der Waals surface area contributed by atoms with Crippen molar-refractivity contribution in [1.82, 2.24) is 15.3 Å². The van der Waals surface area contributed by atoms with Crippen LogP contribution in [0.4, 0.5) is 5.82 Å². The molecule has 1 aliphatic rings. The highest BCUT2D eigenvalue weighted by atomic mass is 15.1. The average molecular weight is 178 g/mol. The second-order valence-corrected chi connectivity index (χ2v) is 3.32. The molecule has 4 nitrogen and oxygen atoms in total. The first-order valence-electron chi connectivity index (χ1n) is 4.61. The Morgan fingerprint density at radius 1 is 1.62 bits per heavy atom. The van der Waals surface area contributed by atoms with Gasteiger partial charge in [-0.1, -0.05) is 0 Å². The summed E-state index contributed by atoms with van der Waals surface area (Å²) in [6.45, 7) is 4.03. The largest absolute Gasteiger partial charge is 0.366 e. The fourth-order valence-corrected chi connectivity index (χ4v) is 1.52. The summed E-state index contributed by atoms with van der Waals surface area (Å²) in [6, 6.07) is 2.43. The molecule has 1 fully saturated rings. The van der Waals surface area contributed by atoms with Crippen molar-refractivity contribution in [2.75, 3.05) is 18.4 Å². The summed E-state index contributed by atoms with van der Waals surface area (Å²) in [5, 5.41) is 6.67. The van der Waals surface area contributed by atoms with E-state index in [0.29, 0.717) is 6.04 Å². The van der Waals surface area contributed by atoms with Crippen LogP contribution in [0.2, 0.25) is 0 Å². The molecular weight excluding hydrogens is 164 g/mol. The third kappa shape index (κ3) is 2.15. The predicted octanol–water partition coefficient (Wildman–Crippen LogP) is 0.559. The van der Waals surface area contributed by atoms with Crippen molar-refractivity contribution >= 4 is 5.82 Å². The fourth-order valence-electron chi connectivity index (χ4n) is 1.52. The molecule has 13 heavy (non-hydrogen) atoms. The van der Waals surface area contributed by atoms with E-state index < -0.39 is 0 Å². The highest BCUT2D eigenvalue weighted by molar-refractivity contribution is 5.34. The van der Waals surface area contributed by atoms with Gasteiger partial charge in [0.05, 0.1) is 0 Å². The molecule has 0 spiro atoms. The fraction of sp³-hybridized carbons (Fsp3) is 0.556. The van der Waals surface area contributed by atoms with E-state index >= 15 is 0 Å². The lowest BCUT2D eigenvalue weighted by Crippen LogP contribution is -2.22. The van der Waals surface area contributed by atoms with Gasteiger partial charge >= 0.3 is 0 Å². The van der Waals surface area contributed by atoms with Gasteiger partial charge in [0.15, 0.2) is 0 Å². The molecule has 2 N–H and O–H groups in total. The van der Waals surface area contributed by atoms with Crippen molar-refractivity contribution in [3.63, 3.8) is 0 Å². The first kappa shape index (κ1) is 8.44. The summed E-state index contributed by atoms with van der Waals surface area (Å²) >= 11 is 0. The minimum Gasteiger partial charge on any atom is -0.366 e. The molecule has 1 aromatic heterocycles. The molecule has 1 aliphatic heterocycles. The maximum atomic E-state index is 4.29. The normalized spacial score (nSPS) is 21.8. The van der Waals surface area contributed by atoms with Crippen molar-refractivity contribution in [2.24, 2.45) is 0 Å². The number of hydrogen-bond donors (Lipinski definition) is 2. The molecule has 0 radical (unpaired) electrons. The van der Waals surface area contributed by atoms with Crippen LogP contribution in [0.15, 0.2) is 12.3 Å². The molecule has 0 aromatic carbocycles. The Bertz CT molecular complexity index is 281. The monoisotopic (exact) mass is 178 g/mol. The number of hydrogen-bond acceptors (Lipinski definition) is 4. The molecule has 4 heteroatoms. The number of nitrogens with zero attached hydrogens (tertiary/aromatic N) is 2. The van der Waals surface area contributed by atoms with Crippen LogP contribution in [0.3, 0.4) is 0 Å². The van der Waals surface area contributed by atoms with E-state index in [1.54, 1.807) is 6.20 Å². The van der Waals surface area contributed by atoms with E-state index in [2.05, 4.69) is 20.6 Å². The standard InChI is InChI=1S/C9H14N4/c1-7-11-5-3-9(12-7)13-8-2-4-10-6-8/h3,5,8,10H,2,4,6H2,1H3,(H,11,12,13)/t8-/m1/s1. The number of anilines is 1. The molecule has 0 unspecified atom stereocenters. The van der Waals surface area contributed by atoms with Gasteiger partial charge in [-0.2, -0.15) is 0 Å². The van der Waals surface area contributed by atoms with E-state index in [1.165, 1.54) is 6.42 Å². The Hall–Kier alpha value is -1.16. The van der Waals surface area contributed by atoms with Gasteiger partial charge < -0.3 is 10.6 Å². The van der Waals surface area contributed by atoms with Gasteiger partial charge in [0, 0.05) is 18.8 Å². The van der Waals surface area contributed by atoms with Crippen LogP contribution >= 0.6 is 0 Å². The molecule has 1 aromatic rings. The van der Waals surface area contributed by atoms with Crippen molar-refractivity contribution in [3.05, 3.63) is 18.1 Å². The van der Waals surface area contributed by atoms with Gasteiger partial charge in [-0.15, -0.1) is 0 Å². The maximum absolute atomic E-state index is 4.29. The molecule has 2 rings (SSSR count). The van der Waals surface area contributed by atoms with Gasteiger partial charge in [0.25, 0.3) is 0 Å². The Balaban J connectivity index is 2.00. The zero-order valence-corrected chi connectivity index (χ0v) is 7.75. The second-order valence-electron chi connectivity index (χ2n) is 3.32. The summed E-state index contributed by atoms with van der Waals surface area (Å²) in [5.74, 6) is 1.75. The van der Waals surface area contributed by atoms with Gasteiger partial charge in [-0.25, -0.2) is 9.97 Å². The summed E-state index contributed by atoms with van der Waals surface area (Å²) in [4.78, 5) is 8.33. The lowest BCUT2D eigenvalue weighted by Gasteiger charge is -2.11. The van der Waals surface area contributed by atoms with Crippen molar-refractivity contribution < 1.29 is 0 Å². The Labute approximate surface area is 77.8 Å². The highest BCUT2D eigenvalue weighted by Gasteiger charge is 2.13. The SMILES string of the molecule is Cc1nccc(N[C@@H]2CCNC2)n1. The maximum Gasteiger partial charge on any atom is 0.129 e. The van der Waals surface area contributed by atoms with Crippen molar-refractivity contribution in [3.8, 4) is 0 Å². The first-order chi connectivity index (χ1) is 6.34. The van der Waals surface area contributed by atoms with E-state index in [9.17, 15) is 0 Å². The topological polar surface area (TPSA) is 49.8 Å². The Morgan fingerprint density at radius 2 is 2.54 bits per heavy atom. The average Bonchev–Trinajstić information content (AvgIpc) is 2.57. The van der Waals surface area contributed by atoms with E-state index in [4.69, 9.17) is 0 Å². The van der Waals surface area contributed by atoms with Crippen molar-refractivity contribution in [2.45, 2.75) is 19.4 Å². The quantitative estimate of drug-likeness (QED) is 0.694. The molecule has 0 amide bonds. The molecule has 70 valence electrons. The van der Waals surface area contributed by atoms with Crippen LogP contribution < -0.4 is 10.6 Å². The van der Waals surface area contributed by atoms with E-state index in [0.717, 1.165) is 24.7 Å². The van der Waals surface area contributed by atoms with Gasteiger partial charge in [0.2, 0.25) is 0 Å². The van der Waals surface area contributed by atoms with Gasteiger partial charge in [0.1, 0.15) is 11.6 Å². The van der Waals surface area contributed by atoms with Gasteiger partial charge in [-0.3, -0.25) is 0 Å². The Morgan fingerprint density at radius 3 is 3.23 bits per heavy atom. The van der Waals surface area contributed by atoms with E-state index in [-0.39, 0.29) is 0 Å². The minimum absolute atomic E-state index is 0.522. The molecule has 2 heterocycles. The summed E-state index contributed by atoms with van der Waals surface area (Å²) in [5.41, 5.74) is 0. The Kier molecular flexibility index (Phi) is 2.40. The number of nitrogens with one attached hydrogen (secondary N) is 2. The van der Waals surface area contributed by atoms with Gasteiger partial charge in [-0.05, 0) is 26.0 Å². The summed E-state index contributed by atoms with van der Waals surface area (Å²) in [6.07, 6.45) is 2.95. The van der Waals surface area contributed by atoms with Crippen molar-refractivity contribution in [1.29, 1.82) is 0 Å². The minimum atomic E-state index is 0.522. The molecular formula is C9H14N4. The first-order valence-corrected chi connectivity index (χ1v) is 4.61. The van der Waals surface area contributed by atoms with Crippen LogP contribution in [0, 0.1) is 6.92 Å². The number of aromatic nitrogens is 2. The second kappa shape index (κ2) is 3.70. The van der Waals surface area contributed by atoms with Crippen LogP contribution in [-0.2, 0) is 0 Å². The smallest absolute Gasteiger partial charge is 0.129 e. The highest BCUT2D eigenvalue weighted by Crippen LogP contribution is 2.07. The summed E-state index contributed by atoms with van der Waals surface area (Å²) in [7, 11) is 0. The predicted molar refractivity (Wildman–Crippen MR) is 51.7 cm³/mol. The van der Waals surface area contributed by atoms with Crippen LogP contribution in [-0.4, -0.2) is 29.1 Å². The van der Waals surface area contributed by atoms with Crippen LogP contribution in [0.25, 0.3) is 0 Å². The zero-order chi connectivity index (χ0) is 9.10. The molecule has 1 atom stereocenters. The lowest BCUT2D eigenvalue weighted by atomic mass is 10.2. The molecule has 0 saturated carbocycles. The zero-order valence-electron chi connectivity index (χ0n) is 7.75.